The Balaban J connectivity index is 2.59. The van der Waals surface area contributed by atoms with Crippen LogP contribution in [0, 0.1) is 0 Å². The Morgan fingerprint density at radius 2 is 2.11 bits per heavy atom. The average molecular weight is 268 g/mol. The summed E-state index contributed by atoms with van der Waals surface area (Å²) >= 11 is 0. The van der Waals surface area contributed by atoms with E-state index >= 15 is 0 Å². The number of hydrogen-bond acceptors (Lipinski definition) is 4. The molecule has 0 aromatic carbocycles. The standard InChI is InChI=1S/C12H20N4O3/c1-4-5-8-13-10(16-15-8)11(19)14-12(2,3)7-6-9(17)18/h4-7H2,1-3H3,(H,14,19)(H,17,18)(H,13,15,16). The van der Waals surface area contributed by atoms with Crippen molar-refractivity contribution in [1.29, 1.82) is 0 Å². The minimum absolute atomic E-state index is 0.00234. The summed E-state index contributed by atoms with van der Waals surface area (Å²) in [5.41, 5.74) is -0.610. The zero-order valence-corrected chi connectivity index (χ0v) is 11.5. The van der Waals surface area contributed by atoms with Crippen LogP contribution in [0.5, 0.6) is 0 Å². The van der Waals surface area contributed by atoms with Crippen LogP contribution in [-0.2, 0) is 11.2 Å². The SMILES string of the molecule is CCCc1nc(C(=O)NC(C)(C)CCC(=O)O)n[nH]1. The summed E-state index contributed by atoms with van der Waals surface area (Å²) in [4.78, 5) is 26.5. The van der Waals surface area contributed by atoms with Gasteiger partial charge in [0.25, 0.3) is 5.91 Å². The molecule has 0 saturated carbocycles. The summed E-state index contributed by atoms with van der Waals surface area (Å²) in [7, 11) is 0. The van der Waals surface area contributed by atoms with Crippen molar-refractivity contribution in [2.45, 2.75) is 52.0 Å². The number of rotatable bonds is 7. The number of carbonyl (C=O) groups is 2. The molecule has 1 amide bonds. The molecular formula is C12H20N4O3. The first kappa shape index (κ1) is 15.1. The first-order valence-electron chi connectivity index (χ1n) is 6.29. The number of aryl methyl sites for hydroxylation is 1. The molecule has 0 atom stereocenters. The van der Waals surface area contributed by atoms with Crippen LogP contribution >= 0.6 is 0 Å². The smallest absolute Gasteiger partial charge is 0.303 e. The van der Waals surface area contributed by atoms with Gasteiger partial charge in [0.15, 0.2) is 0 Å². The molecule has 7 heteroatoms. The molecule has 0 aliphatic rings. The number of H-pyrrole nitrogens is 1. The molecule has 0 unspecified atom stereocenters. The van der Waals surface area contributed by atoms with Crippen LogP contribution in [0.4, 0.5) is 0 Å². The quantitative estimate of drug-likeness (QED) is 0.687. The zero-order chi connectivity index (χ0) is 14.5. The van der Waals surface area contributed by atoms with Crippen LogP contribution in [0.25, 0.3) is 0 Å². The molecule has 0 spiro atoms. The maximum Gasteiger partial charge on any atom is 0.303 e. The Morgan fingerprint density at radius 1 is 1.42 bits per heavy atom. The van der Waals surface area contributed by atoms with Gasteiger partial charge in [0.2, 0.25) is 5.82 Å². The third kappa shape index (κ3) is 5.07. The van der Waals surface area contributed by atoms with Crippen molar-refractivity contribution >= 4 is 11.9 Å². The lowest BCUT2D eigenvalue weighted by Gasteiger charge is -2.24. The number of nitrogens with zero attached hydrogens (tertiary/aromatic N) is 2. The Hall–Kier alpha value is -1.92. The molecule has 1 rings (SSSR count). The molecule has 106 valence electrons. The number of aliphatic carboxylic acids is 1. The molecule has 1 aromatic heterocycles. The second-order valence-electron chi connectivity index (χ2n) is 5.09. The Bertz CT molecular complexity index is 454. The van der Waals surface area contributed by atoms with E-state index in [1.807, 2.05) is 6.92 Å². The van der Waals surface area contributed by atoms with Gasteiger partial charge in [0, 0.05) is 18.4 Å². The summed E-state index contributed by atoms with van der Waals surface area (Å²) in [6.07, 6.45) is 2.01. The van der Waals surface area contributed by atoms with Gasteiger partial charge in [-0.25, -0.2) is 4.98 Å². The van der Waals surface area contributed by atoms with Gasteiger partial charge in [-0.15, -0.1) is 5.10 Å². The highest BCUT2D eigenvalue weighted by Crippen LogP contribution is 2.12. The van der Waals surface area contributed by atoms with Gasteiger partial charge in [-0.2, -0.15) is 0 Å². The molecule has 1 heterocycles. The highest BCUT2D eigenvalue weighted by molar-refractivity contribution is 5.90. The van der Waals surface area contributed by atoms with Crippen molar-refractivity contribution < 1.29 is 14.7 Å². The predicted octanol–water partition coefficient (Wildman–Crippen LogP) is 1.13. The van der Waals surface area contributed by atoms with Crippen molar-refractivity contribution in [1.82, 2.24) is 20.5 Å². The molecule has 0 aliphatic carbocycles. The minimum Gasteiger partial charge on any atom is -0.481 e. The monoisotopic (exact) mass is 268 g/mol. The van der Waals surface area contributed by atoms with Crippen molar-refractivity contribution in [2.24, 2.45) is 0 Å². The van der Waals surface area contributed by atoms with Crippen LogP contribution in [0.1, 0.15) is 56.5 Å². The topological polar surface area (TPSA) is 108 Å². The summed E-state index contributed by atoms with van der Waals surface area (Å²) in [6, 6.07) is 0. The number of nitrogens with one attached hydrogen (secondary N) is 2. The third-order valence-electron chi connectivity index (χ3n) is 2.64. The molecule has 0 radical (unpaired) electrons. The van der Waals surface area contributed by atoms with Crippen LogP contribution in [0.3, 0.4) is 0 Å². The first-order valence-corrected chi connectivity index (χ1v) is 6.29. The van der Waals surface area contributed by atoms with Crippen molar-refractivity contribution in [3.8, 4) is 0 Å². The maximum absolute atomic E-state index is 11.9. The van der Waals surface area contributed by atoms with E-state index in [2.05, 4.69) is 20.5 Å². The lowest BCUT2D eigenvalue weighted by atomic mass is 9.98. The van der Waals surface area contributed by atoms with Gasteiger partial charge in [-0.05, 0) is 26.7 Å². The van der Waals surface area contributed by atoms with E-state index in [0.717, 1.165) is 12.8 Å². The highest BCUT2D eigenvalue weighted by Gasteiger charge is 2.24. The number of carboxylic acids is 1. The predicted molar refractivity (Wildman–Crippen MR) is 68.8 cm³/mol. The maximum atomic E-state index is 11.9. The van der Waals surface area contributed by atoms with E-state index in [1.165, 1.54) is 0 Å². The van der Waals surface area contributed by atoms with E-state index in [0.29, 0.717) is 12.2 Å². The molecule has 7 nitrogen and oxygen atoms in total. The molecule has 0 aliphatic heterocycles. The van der Waals surface area contributed by atoms with E-state index < -0.39 is 17.4 Å². The Labute approximate surface area is 111 Å². The summed E-state index contributed by atoms with van der Waals surface area (Å²) < 4.78 is 0. The number of carboxylic acid groups (broad SMARTS) is 1. The molecule has 0 saturated heterocycles. The minimum atomic E-state index is -0.884. The normalized spacial score (nSPS) is 11.3. The van der Waals surface area contributed by atoms with Gasteiger partial charge in [-0.3, -0.25) is 14.7 Å². The number of aromatic amines is 1. The number of hydrogen-bond donors (Lipinski definition) is 3. The molecule has 3 N–H and O–H groups in total. The van der Waals surface area contributed by atoms with Gasteiger partial charge in [0.05, 0.1) is 0 Å². The van der Waals surface area contributed by atoms with Crippen molar-refractivity contribution in [2.75, 3.05) is 0 Å². The van der Waals surface area contributed by atoms with Crippen LogP contribution in [0.15, 0.2) is 0 Å². The van der Waals surface area contributed by atoms with Gasteiger partial charge >= 0.3 is 5.97 Å². The highest BCUT2D eigenvalue weighted by atomic mass is 16.4. The van der Waals surface area contributed by atoms with Gasteiger partial charge < -0.3 is 10.4 Å². The largest absolute Gasteiger partial charge is 0.481 e. The molecular weight excluding hydrogens is 248 g/mol. The second kappa shape index (κ2) is 6.31. The van der Waals surface area contributed by atoms with E-state index in [4.69, 9.17) is 5.11 Å². The number of aromatic nitrogens is 3. The number of amides is 1. The van der Waals surface area contributed by atoms with E-state index in [-0.39, 0.29) is 12.2 Å². The Morgan fingerprint density at radius 3 is 2.68 bits per heavy atom. The van der Waals surface area contributed by atoms with Crippen molar-refractivity contribution in [3.05, 3.63) is 11.6 Å². The third-order valence-corrected chi connectivity index (χ3v) is 2.64. The van der Waals surface area contributed by atoms with Crippen LogP contribution in [0.2, 0.25) is 0 Å². The summed E-state index contributed by atoms with van der Waals surface area (Å²) in [5.74, 6) is -0.512. The molecule has 0 fully saturated rings. The first-order chi connectivity index (χ1) is 8.84. The van der Waals surface area contributed by atoms with Crippen LogP contribution in [-0.4, -0.2) is 37.7 Å². The van der Waals surface area contributed by atoms with Gasteiger partial charge in [0.1, 0.15) is 5.82 Å². The average Bonchev–Trinajstić information content (AvgIpc) is 2.75. The fourth-order valence-corrected chi connectivity index (χ4v) is 1.59. The van der Waals surface area contributed by atoms with E-state index in [1.54, 1.807) is 13.8 Å². The lowest BCUT2D eigenvalue weighted by Crippen LogP contribution is -2.44. The second-order valence-corrected chi connectivity index (χ2v) is 5.09. The molecule has 19 heavy (non-hydrogen) atoms. The number of carbonyl (C=O) groups excluding carboxylic acids is 1. The zero-order valence-electron chi connectivity index (χ0n) is 11.5. The van der Waals surface area contributed by atoms with Crippen molar-refractivity contribution in [3.63, 3.8) is 0 Å². The lowest BCUT2D eigenvalue weighted by molar-refractivity contribution is -0.137. The summed E-state index contributed by atoms with van der Waals surface area (Å²) in [6.45, 7) is 5.55. The van der Waals surface area contributed by atoms with Gasteiger partial charge in [-0.1, -0.05) is 6.92 Å². The van der Waals surface area contributed by atoms with Crippen LogP contribution < -0.4 is 5.32 Å². The summed E-state index contributed by atoms with van der Waals surface area (Å²) in [5, 5.41) is 17.9. The molecule has 0 bridgehead atoms. The fraction of sp³-hybridized carbons (Fsp3) is 0.667. The van der Waals surface area contributed by atoms with E-state index in [9.17, 15) is 9.59 Å². The molecule has 1 aromatic rings. The fourth-order valence-electron chi connectivity index (χ4n) is 1.59. The Kier molecular flexibility index (Phi) is 5.02.